The van der Waals surface area contributed by atoms with Crippen LogP contribution in [0.25, 0.3) is 0 Å². The summed E-state index contributed by atoms with van der Waals surface area (Å²) in [5.74, 6) is 0.265. The number of carbonyl (C=O) groups is 1. The molecular weight excluding hydrogens is 238 g/mol. The molecule has 3 heterocycles. The Kier molecular flexibility index (Phi) is 2.69. The lowest BCUT2D eigenvalue weighted by Gasteiger charge is -2.25. The quantitative estimate of drug-likeness (QED) is 0.535. The molecule has 1 saturated heterocycles. The highest BCUT2D eigenvalue weighted by Crippen LogP contribution is 2.32. The number of rotatable bonds is 2. The third-order valence-corrected chi connectivity index (χ3v) is 3.19. The zero-order valence-electron chi connectivity index (χ0n) is 9.67. The molecule has 18 heavy (non-hydrogen) atoms. The molecule has 3 atom stereocenters. The lowest BCUT2D eigenvalue weighted by atomic mass is 10.2. The maximum Gasteiger partial charge on any atom is 0.276 e. The van der Waals surface area contributed by atoms with Crippen molar-refractivity contribution in [2.75, 3.05) is 11.9 Å². The second-order valence-corrected chi connectivity index (χ2v) is 4.42. The maximum atomic E-state index is 11.7. The summed E-state index contributed by atoms with van der Waals surface area (Å²) in [5.41, 5.74) is 5.97. The smallest absolute Gasteiger partial charge is 0.276 e. The average molecular weight is 253 g/mol. The standard InChI is InChI=1S/C10H15N5O3/c11-10-13-8-7(9(17)14-10)12-4-15(8)6-2-1-5(3-16)18-6/h4-6,10,13,16H,1-3,11H2,(H,14,17)/t5-,6+,10?/m0/s1. The van der Waals surface area contributed by atoms with Crippen molar-refractivity contribution >= 4 is 11.7 Å². The number of hydrogen-bond donors (Lipinski definition) is 4. The third kappa shape index (κ3) is 1.74. The van der Waals surface area contributed by atoms with Crippen molar-refractivity contribution in [2.45, 2.75) is 31.5 Å². The summed E-state index contributed by atoms with van der Waals surface area (Å²) in [4.78, 5) is 15.7. The SMILES string of the molecule is NC1NC(=O)c2ncn([C@H]3CC[C@@H](CO)O3)c2N1. The molecule has 8 heteroatoms. The van der Waals surface area contributed by atoms with Gasteiger partial charge in [-0.05, 0) is 12.8 Å². The monoisotopic (exact) mass is 253 g/mol. The first-order chi connectivity index (χ1) is 8.69. The summed E-state index contributed by atoms with van der Waals surface area (Å²) in [6, 6.07) is 0. The maximum absolute atomic E-state index is 11.7. The van der Waals surface area contributed by atoms with E-state index in [1.807, 2.05) is 0 Å². The minimum absolute atomic E-state index is 0.000810. The molecule has 0 radical (unpaired) electrons. The summed E-state index contributed by atoms with van der Waals surface area (Å²) in [5, 5.41) is 14.5. The van der Waals surface area contributed by atoms with E-state index in [4.69, 9.17) is 15.6 Å². The number of ether oxygens (including phenoxy) is 1. The van der Waals surface area contributed by atoms with Crippen molar-refractivity contribution in [3.8, 4) is 0 Å². The van der Waals surface area contributed by atoms with Crippen LogP contribution in [0.5, 0.6) is 0 Å². The number of hydrogen-bond acceptors (Lipinski definition) is 6. The number of carbonyl (C=O) groups excluding carboxylic acids is 1. The number of aromatic nitrogens is 2. The van der Waals surface area contributed by atoms with Crippen LogP contribution in [-0.4, -0.2) is 39.6 Å². The van der Waals surface area contributed by atoms with Gasteiger partial charge in [0.1, 0.15) is 12.0 Å². The van der Waals surface area contributed by atoms with Crippen LogP contribution in [0.3, 0.4) is 0 Å². The van der Waals surface area contributed by atoms with Crippen molar-refractivity contribution in [1.82, 2.24) is 14.9 Å². The molecule has 1 amide bonds. The number of anilines is 1. The second kappa shape index (κ2) is 4.23. The molecular formula is C10H15N5O3. The van der Waals surface area contributed by atoms with E-state index in [1.165, 1.54) is 0 Å². The van der Waals surface area contributed by atoms with Gasteiger partial charge in [-0.25, -0.2) is 4.98 Å². The molecule has 5 N–H and O–H groups in total. The highest BCUT2D eigenvalue weighted by atomic mass is 16.5. The summed E-state index contributed by atoms with van der Waals surface area (Å²) < 4.78 is 7.41. The number of aliphatic hydroxyl groups excluding tert-OH is 1. The Morgan fingerprint density at radius 3 is 3.11 bits per heavy atom. The van der Waals surface area contributed by atoms with Gasteiger partial charge in [0.25, 0.3) is 5.91 Å². The van der Waals surface area contributed by atoms with Gasteiger partial charge in [-0.15, -0.1) is 0 Å². The van der Waals surface area contributed by atoms with Crippen molar-refractivity contribution in [2.24, 2.45) is 5.73 Å². The molecule has 2 aliphatic heterocycles. The molecule has 0 spiro atoms. The van der Waals surface area contributed by atoms with Crippen molar-refractivity contribution in [1.29, 1.82) is 0 Å². The number of imidazole rings is 1. The van der Waals surface area contributed by atoms with Crippen LogP contribution in [-0.2, 0) is 4.74 Å². The molecule has 1 unspecified atom stereocenters. The zero-order chi connectivity index (χ0) is 12.7. The minimum Gasteiger partial charge on any atom is -0.394 e. The molecule has 0 aliphatic carbocycles. The first-order valence-corrected chi connectivity index (χ1v) is 5.85. The summed E-state index contributed by atoms with van der Waals surface area (Å²) in [6.07, 6.45) is 2.11. The van der Waals surface area contributed by atoms with Crippen LogP contribution in [0.1, 0.15) is 29.6 Å². The Labute approximate surface area is 103 Å². The molecule has 2 aliphatic rings. The van der Waals surface area contributed by atoms with Crippen LogP contribution in [0.15, 0.2) is 6.33 Å². The normalized spacial score (nSPS) is 30.8. The average Bonchev–Trinajstić information content (AvgIpc) is 2.93. The van der Waals surface area contributed by atoms with E-state index in [2.05, 4.69) is 15.6 Å². The lowest BCUT2D eigenvalue weighted by Crippen LogP contribution is -2.51. The van der Waals surface area contributed by atoms with Gasteiger partial charge in [-0.2, -0.15) is 0 Å². The molecule has 1 aromatic rings. The molecule has 3 rings (SSSR count). The fraction of sp³-hybridized carbons (Fsp3) is 0.600. The number of amides is 1. The molecule has 98 valence electrons. The predicted molar refractivity (Wildman–Crippen MR) is 61.5 cm³/mol. The fourth-order valence-electron chi connectivity index (χ4n) is 2.31. The largest absolute Gasteiger partial charge is 0.394 e. The lowest BCUT2D eigenvalue weighted by molar-refractivity contribution is -0.0215. The van der Waals surface area contributed by atoms with E-state index in [9.17, 15) is 4.79 Å². The van der Waals surface area contributed by atoms with E-state index in [0.29, 0.717) is 11.5 Å². The number of nitrogens with two attached hydrogens (primary N) is 1. The van der Waals surface area contributed by atoms with Gasteiger partial charge >= 0.3 is 0 Å². The molecule has 1 fully saturated rings. The Morgan fingerprint density at radius 2 is 2.39 bits per heavy atom. The summed E-state index contributed by atoms with van der Waals surface area (Å²) in [7, 11) is 0. The number of nitrogens with one attached hydrogen (secondary N) is 2. The van der Waals surface area contributed by atoms with Gasteiger partial charge in [0.05, 0.1) is 19.0 Å². The Hall–Kier alpha value is -1.64. The highest BCUT2D eigenvalue weighted by molar-refractivity contribution is 5.98. The highest BCUT2D eigenvalue weighted by Gasteiger charge is 2.32. The van der Waals surface area contributed by atoms with Gasteiger partial charge in [-0.3, -0.25) is 15.1 Å². The van der Waals surface area contributed by atoms with E-state index >= 15 is 0 Å². The zero-order valence-corrected chi connectivity index (χ0v) is 9.67. The molecule has 0 bridgehead atoms. The first kappa shape index (κ1) is 11.5. The van der Waals surface area contributed by atoms with Crippen molar-refractivity contribution in [3.05, 3.63) is 12.0 Å². The Balaban J connectivity index is 1.88. The van der Waals surface area contributed by atoms with Crippen LogP contribution < -0.4 is 16.4 Å². The van der Waals surface area contributed by atoms with E-state index < -0.39 is 6.29 Å². The van der Waals surface area contributed by atoms with Crippen LogP contribution in [0, 0.1) is 0 Å². The number of aliphatic hydroxyl groups is 1. The summed E-state index contributed by atoms with van der Waals surface area (Å²) in [6.45, 7) is 0.000810. The van der Waals surface area contributed by atoms with Gasteiger partial charge in [-0.1, -0.05) is 0 Å². The van der Waals surface area contributed by atoms with E-state index in [-0.39, 0.29) is 24.8 Å². The van der Waals surface area contributed by atoms with Crippen molar-refractivity contribution in [3.63, 3.8) is 0 Å². The predicted octanol–water partition coefficient (Wildman–Crippen LogP) is -1.05. The van der Waals surface area contributed by atoms with Gasteiger partial charge < -0.3 is 20.5 Å². The number of fused-ring (bicyclic) bond motifs is 1. The topological polar surface area (TPSA) is 114 Å². The van der Waals surface area contributed by atoms with Gasteiger partial charge in [0.2, 0.25) is 0 Å². The van der Waals surface area contributed by atoms with Gasteiger partial charge in [0, 0.05) is 0 Å². The second-order valence-electron chi connectivity index (χ2n) is 4.42. The molecule has 0 aromatic carbocycles. The first-order valence-electron chi connectivity index (χ1n) is 5.85. The minimum atomic E-state index is -0.629. The summed E-state index contributed by atoms with van der Waals surface area (Å²) >= 11 is 0. The third-order valence-electron chi connectivity index (χ3n) is 3.19. The molecule has 0 saturated carbocycles. The van der Waals surface area contributed by atoms with Crippen LogP contribution in [0.2, 0.25) is 0 Å². The Bertz CT molecular complexity index is 474. The van der Waals surface area contributed by atoms with Crippen LogP contribution >= 0.6 is 0 Å². The van der Waals surface area contributed by atoms with Crippen molar-refractivity contribution < 1.29 is 14.6 Å². The van der Waals surface area contributed by atoms with Crippen LogP contribution in [0.4, 0.5) is 5.82 Å². The molecule has 8 nitrogen and oxygen atoms in total. The van der Waals surface area contributed by atoms with E-state index in [1.54, 1.807) is 10.9 Å². The fourth-order valence-corrected chi connectivity index (χ4v) is 2.31. The van der Waals surface area contributed by atoms with Gasteiger partial charge in [0.15, 0.2) is 12.0 Å². The van der Waals surface area contributed by atoms with E-state index in [0.717, 1.165) is 12.8 Å². The molecule has 1 aromatic heterocycles. The number of nitrogens with zero attached hydrogens (tertiary/aromatic N) is 2. The Morgan fingerprint density at radius 1 is 1.56 bits per heavy atom.